The van der Waals surface area contributed by atoms with Crippen LogP contribution in [-0.2, 0) is 13.0 Å². The minimum absolute atomic E-state index is 0.0398. The summed E-state index contributed by atoms with van der Waals surface area (Å²) < 4.78 is 9.56. The van der Waals surface area contributed by atoms with E-state index in [-0.39, 0.29) is 5.91 Å². The Kier molecular flexibility index (Phi) is 5.26. The normalized spacial score (nSPS) is 11.0. The van der Waals surface area contributed by atoms with Crippen LogP contribution in [0.2, 0.25) is 0 Å². The number of fused-ring (bicyclic) bond motifs is 1. The van der Waals surface area contributed by atoms with Crippen molar-refractivity contribution in [2.24, 2.45) is 0 Å². The number of carbonyl (C=O) groups excluding carboxylic acids is 1. The predicted molar refractivity (Wildman–Crippen MR) is 102 cm³/mol. The van der Waals surface area contributed by atoms with Gasteiger partial charge in [-0.3, -0.25) is 4.79 Å². The highest BCUT2D eigenvalue weighted by molar-refractivity contribution is 9.10. The van der Waals surface area contributed by atoms with Crippen LogP contribution in [0.3, 0.4) is 0 Å². The van der Waals surface area contributed by atoms with Gasteiger partial charge in [0.1, 0.15) is 11.4 Å². The van der Waals surface area contributed by atoms with E-state index in [1.165, 1.54) is 0 Å². The van der Waals surface area contributed by atoms with Gasteiger partial charge in [0.2, 0.25) is 0 Å². The quantitative estimate of drug-likeness (QED) is 0.656. The highest BCUT2D eigenvalue weighted by atomic mass is 79.9. The second-order valence-corrected chi connectivity index (χ2v) is 7.15. The summed E-state index contributed by atoms with van der Waals surface area (Å²) in [5.74, 6) is 0.815. The Labute approximate surface area is 153 Å². The molecule has 1 aromatic carbocycles. The number of methoxy groups -OCH3 is 1. The smallest absolute Gasteiger partial charge is 0.267 e. The number of para-hydroxylation sites is 1. The molecule has 0 bridgehead atoms. The molecule has 24 heavy (non-hydrogen) atoms. The van der Waals surface area contributed by atoms with E-state index in [4.69, 9.17) is 4.74 Å². The molecule has 4 nitrogen and oxygen atoms in total. The molecule has 6 heteroatoms. The SMILES string of the molecule is CCn1c(C(=O)NCCc2ccccc2OC)cc2scc(Br)c21. The van der Waals surface area contributed by atoms with Crippen LogP contribution in [0.4, 0.5) is 0 Å². The molecule has 0 radical (unpaired) electrons. The van der Waals surface area contributed by atoms with E-state index in [9.17, 15) is 4.79 Å². The molecule has 0 saturated carbocycles. The molecular formula is C18H19BrN2O2S. The van der Waals surface area contributed by atoms with Gasteiger partial charge in [-0.05, 0) is 47.0 Å². The van der Waals surface area contributed by atoms with Gasteiger partial charge in [-0.25, -0.2) is 0 Å². The van der Waals surface area contributed by atoms with Gasteiger partial charge in [0.05, 0.1) is 21.8 Å². The van der Waals surface area contributed by atoms with Crippen molar-refractivity contribution in [3.8, 4) is 5.75 Å². The van der Waals surface area contributed by atoms with E-state index in [1.54, 1.807) is 18.4 Å². The maximum Gasteiger partial charge on any atom is 0.267 e. The van der Waals surface area contributed by atoms with Crippen LogP contribution < -0.4 is 10.1 Å². The first-order chi connectivity index (χ1) is 11.7. The fourth-order valence-electron chi connectivity index (χ4n) is 2.86. The molecule has 126 valence electrons. The van der Waals surface area contributed by atoms with Crippen LogP contribution >= 0.6 is 27.3 Å². The summed E-state index contributed by atoms with van der Waals surface area (Å²) in [5, 5.41) is 5.07. The van der Waals surface area contributed by atoms with E-state index < -0.39 is 0 Å². The van der Waals surface area contributed by atoms with Crippen molar-refractivity contribution >= 4 is 43.4 Å². The lowest BCUT2D eigenvalue weighted by Crippen LogP contribution is -2.27. The maximum atomic E-state index is 12.6. The number of hydrogen-bond donors (Lipinski definition) is 1. The average Bonchev–Trinajstić information content (AvgIpc) is 3.15. The molecule has 1 N–H and O–H groups in total. The van der Waals surface area contributed by atoms with E-state index in [0.717, 1.165) is 39.0 Å². The Morgan fingerprint density at radius 3 is 2.92 bits per heavy atom. The summed E-state index contributed by atoms with van der Waals surface area (Å²) in [5.41, 5.74) is 2.90. The van der Waals surface area contributed by atoms with Gasteiger partial charge in [-0.15, -0.1) is 11.3 Å². The Morgan fingerprint density at radius 1 is 1.38 bits per heavy atom. The summed E-state index contributed by atoms with van der Waals surface area (Å²) in [6.07, 6.45) is 0.737. The first kappa shape index (κ1) is 17.0. The van der Waals surface area contributed by atoms with Gasteiger partial charge in [-0.1, -0.05) is 18.2 Å². The summed E-state index contributed by atoms with van der Waals surface area (Å²) in [4.78, 5) is 12.6. The highest BCUT2D eigenvalue weighted by Crippen LogP contribution is 2.33. The van der Waals surface area contributed by atoms with Crippen molar-refractivity contribution in [3.63, 3.8) is 0 Å². The van der Waals surface area contributed by atoms with E-state index >= 15 is 0 Å². The van der Waals surface area contributed by atoms with E-state index in [2.05, 4.69) is 33.6 Å². The van der Waals surface area contributed by atoms with Crippen molar-refractivity contribution in [3.05, 3.63) is 51.4 Å². The zero-order chi connectivity index (χ0) is 17.1. The molecule has 3 rings (SSSR count). The van der Waals surface area contributed by atoms with Crippen LogP contribution in [0.15, 0.2) is 40.2 Å². The van der Waals surface area contributed by atoms with Crippen LogP contribution in [0.25, 0.3) is 10.2 Å². The lowest BCUT2D eigenvalue weighted by atomic mass is 10.1. The first-order valence-corrected chi connectivity index (χ1v) is 9.49. The van der Waals surface area contributed by atoms with Gasteiger partial charge >= 0.3 is 0 Å². The molecule has 0 aliphatic heterocycles. The second-order valence-electron chi connectivity index (χ2n) is 5.39. The van der Waals surface area contributed by atoms with Crippen LogP contribution in [0.5, 0.6) is 5.75 Å². The Hall–Kier alpha value is -1.79. The molecule has 0 saturated heterocycles. The molecule has 0 spiro atoms. The largest absolute Gasteiger partial charge is 0.496 e. The van der Waals surface area contributed by atoms with Gasteiger partial charge in [-0.2, -0.15) is 0 Å². The molecule has 0 atom stereocenters. The molecule has 2 heterocycles. The maximum absolute atomic E-state index is 12.6. The summed E-state index contributed by atoms with van der Waals surface area (Å²) in [6.45, 7) is 3.38. The third kappa shape index (κ3) is 3.21. The van der Waals surface area contributed by atoms with Gasteiger partial charge in [0.15, 0.2) is 0 Å². The molecule has 0 aliphatic rings. The number of hydrogen-bond acceptors (Lipinski definition) is 3. The van der Waals surface area contributed by atoms with Crippen LogP contribution in [0, 0.1) is 0 Å². The molecule has 0 aliphatic carbocycles. The van der Waals surface area contributed by atoms with E-state index in [1.807, 2.05) is 34.9 Å². The number of amides is 1. The number of carbonyl (C=O) groups is 1. The fourth-order valence-corrected chi connectivity index (χ4v) is 4.55. The van der Waals surface area contributed by atoms with Crippen LogP contribution in [0.1, 0.15) is 23.0 Å². The number of ether oxygens (including phenoxy) is 1. The first-order valence-electron chi connectivity index (χ1n) is 7.82. The summed E-state index contributed by atoms with van der Waals surface area (Å²) in [6, 6.07) is 9.84. The number of benzene rings is 1. The molecule has 0 fully saturated rings. The van der Waals surface area contributed by atoms with Gasteiger partial charge < -0.3 is 14.6 Å². The number of nitrogens with one attached hydrogen (secondary N) is 1. The van der Waals surface area contributed by atoms with Crippen molar-refractivity contribution in [2.75, 3.05) is 13.7 Å². The van der Waals surface area contributed by atoms with Crippen molar-refractivity contribution < 1.29 is 9.53 Å². The number of rotatable bonds is 6. The van der Waals surface area contributed by atoms with Crippen molar-refractivity contribution in [2.45, 2.75) is 19.9 Å². The highest BCUT2D eigenvalue weighted by Gasteiger charge is 2.17. The molecular weight excluding hydrogens is 388 g/mol. The Morgan fingerprint density at radius 2 is 2.17 bits per heavy atom. The molecule has 1 amide bonds. The minimum atomic E-state index is -0.0398. The molecule has 2 aromatic heterocycles. The van der Waals surface area contributed by atoms with E-state index in [0.29, 0.717) is 12.2 Å². The topological polar surface area (TPSA) is 43.3 Å². The average molecular weight is 407 g/mol. The predicted octanol–water partition coefficient (Wildman–Crippen LogP) is 4.47. The Bertz CT molecular complexity index is 869. The number of thiophene rings is 1. The zero-order valence-corrected chi connectivity index (χ0v) is 16.0. The number of halogens is 1. The number of nitrogens with zero attached hydrogens (tertiary/aromatic N) is 1. The third-order valence-corrected chi connectivity index (χ3v) is 5.83. The minimum Gasteiger partial charge on any atom is -0.496 e. The lowest BCUT2D eigenvalue weighted by molar-refractivity contribution is 0.0945. The third-order valence-electron chi connectivity index (χ3n) is 4.00. The van der Waals surface area contributed by atoms with Crippen molar-refractivity contribution in [1.82, 2.24) is 9.88 Å². The number of aryl methyl sites for hydroxylation is 1. The van der Waals surface area contributed by atoms with Crippen LogP contribution in [-0.4, -0.2) is 24.1 Å². The standard InChI is InChI=1S/C18H19BrN2O2S/c1-3-21-14(10-16-17(21)13(19)11-24-16)18(22)20-9-8-12-6-4-5-7-15(12)23-2/h4-7,10-11H,3,8-9H2,1-2H3,(H,20,22). The van der Waals surface area contributed by atoms with Gasteiger partial charge in [0, 0.05) is 18.5 Å². The summed E-state index contributed by atoms with van der Waals surface area (Å²) >= 11 is 5.21. The molecule has 0 unspecified atom stereocenters. The number of aromatic nitrogens is 1. The van der Waals surface area contributed by atoms with Crippen molar-refractivity contribution in [1.29, 1.82) is 0 Å². The zero-order valence-electron chi connectivity index (χ0n) is 13.6. The lowest BCUT2D eigenvalue weighted by Gasteiger charge is -2.10. The second kappa shape index (κ2) is 7.40. The van der Waals surface area contributed by atoms with Gasteiger partial charge in [0.25, 0.3) is 5.91 Å². The molecule has 3 aromatic rings. The monoisotopic (exact) mass is 406 g/mol. The Balaban J connectivity index is 1.71. The fraction of sp³-hybridized carbons (Fsp3) is 0.278. The summed E-state index contributed by atoms with van der Waals surface area (Å²) in [7, 11) is 1.66.